The SMILES string of the molecule is Cc1cc(C)c(CNC2CC2)c(N(C)CCC(F)(F)F)n1. The van der Waals surface area contributed by atoms with Crippen LogP contribution in [0.3, 0.4) is 0 Å². The first-order chi connectivity index (χ1) is 9.76. The normalized spacial score (nSPS) is 15.3. The van der Waals surface area contributed by atoms with E-state index in [9.17, 15) is 13.2 Å². The Kier molecular flexibility index (Phi) is 4.76. The molecule has 1 aromatic rings. The number of alkyl halides is 3. The summed E-state index contributed by atoms with van der Waals surface area (Å²) in [6.45, 7) is 4.44. The summed E-state index contributed by atoms with van der Waals surface area (Å²) in [7, 11) is 1.67. The Morgan fingerprint density at radius 2 is 2.00 bits per heavy atom. The molecule has 1 heterocycles. The molecule has 2 rings (SSSR count). The van der Waals surface area contributed by atoms with Crippen LogP contribution in [0.4, 0.5) is 19.0 Å². The number of aromatic nitrogens is 1. The highest BCUT2D eigenvalue weighted by atomic mass is 19.4. The third-order valence-corrected chi connectivity index (χ3v) is 3.69. The molecule has 0 unspecified atom stereocenters. The molecule has 1 aliphatic rings. The molecule has 1 aromatic heterocycles. The van der Waals surface area contributed by atoms with Gasteiger partial charge in [-0.2, -0.15) is 13.2 Å². The minimum Gasteiger partial charge on any atom is -0.359 e. The molecule has 1 fully saturated rings. The Bertz CT molecular complexity index is 496. The first-order valence-electron chi connectivity index (χ1n) is 7.24. The maximum absolute atomic E-state index is 12.4. The molecular formula is C15H22F3N3. The maximum Gasteiger partial charge on any atom is 0.390 e. The van der Waals surface area contributed by atoms with Crippen LogP contribution in [0.1, 0.15) is 36.1 Å². The fourth-order valence-electron chi connectivity index (χ4n) is 2.31. The average Bonchev–Trinajstić information content (AvgIpc) is 3.17. The number of nitrogens with zero attached hydrogens (tertiary/aromatic N) is 2. The standard InChI is InChI=1S/C15H22F3N3/c1-10-8-11(2)20-14(13(10)9-19-12-4-5-12)21(3)7-6-15(16,17)18/h8,12,19H,4-7,9H2,1-3H3. The van der Waals surface area contributed by atoms with E-state index in [2.05, 4.69) is 10.3 Å². The number of hydrogen-bond acceptors (Lipinski definition) is 3. The van der Waals surface area contributed by atoms with Gasteiger partial charge in [0.2, 0.25) is 0 Å². The summed E-state index contributed by atoms with van der Waals surface area (Å²) in [4.78, 5) is 6.06. The Labute approximate surface area is 123 Å². The van der Waals surface area contributed by atoms with Gasteiger partial charge in [0.15, 0.2) is 0 Å². The van der Waals surface area contributed by atoms with Crippen molar-refractivity contribution in [1.82, 2.24) is 10.3 Å². The van der Waals surface area contributed by atoms with E-state index in [-0.39, 0.29) is 6.54 Å². The van der Waals surface area contributed by atoms with Gasteiger partial charge >= 0.3 is 6.18 Å². The number of anilines is 1. The van der Waals surface area contributed by atoms with Crippen LogP contribution in [0.15, 0.2) is 6.07 Å². The molecule has 6 heteroatoms. The second-order valence-corrected chi connectivity index (χ2v) is 5.82. The first-order valence-corrected chi connectivity index (χ1v) is 7.24. The molecule has 0 aliphatic heterocycles. The van der Waals surface area contributed by atoms with Gasteiger partial charge in [-0.25, -0.2) is 4.98 Å². The van der Waals surface area contributed by atoms with Crippen LogP contribution < -0.4 is 10.2 Å². The predicted molar refractivity (Wildman–Crippen MR) is 77.5 cm³/mol. The molecule has 0 spiro atoms. The van der Waals surface area contributed by atoms with Gasteiger partial charge in [-0.1, -0.05) is 0 Å². The van der Waals surface area contributed by atoms with Crippen molar-refractivity contribution in [3.63, 3.8) is 0 Å². The van der Waals surface area contributed by atoms with E-state index in [1.165, 1.54) is 12.8 Å². The fraction of sp³-hybridized carbons (Fsp3) is 0.667. The predicted octanol–water partition coefficient (Wildman–Crippen LogP) is 3.34. The Balaban J connectivity index is 2.14. The van der Waals surface area contributed by atoms with E-state index in [4.69, 9.17) is 0 Å². The van der Waals surface area contributed by atoms with E-state index < -0.39 is 12.6 Å². The lowest BCUT2D eigenvalue weighted by molar-refractivity contribution is -0.132. The number of halogens is 3. The number of aryl methyl sites for hydroxylation is 2. The van der Waals surface area contributed by atoms with Gasteiger partial charge in [-0.05, 0) is 38.3 Å². The molecule has 0 saturated heterocycles. The lowest BCUT2D eigenvalue weighted by Gasteiger charge is -2.24. The van der Waals surface area contributed by atoms with Crippen LogP contribution in [-0.2, 0) is 6.54 Å². The fourth-order valence-corrected chi connectivity index (χ4v) is 2.31. The van der Waals surface area contributed by atoms with Crippen LogP contribution in [-0.4, -0.2) is 30.8 Å². The largest absolute Gasteiger partial charge is 0.390 e. The van der Waals surface area contributed by atoms with Gasteiger partial charge in [-0.15, -0.1) is 0 Å². The van der Waals surface area contributed by atoms with Crippen LogP contribution in [0.5, 0.6) is 0 Å². The molecule has 1 N–H and O–H groups in total. The summed E-state index contributed by atoms with van der Waals surface area (Å²) in [6.07, 6.45) is -2.61. The zero-order valence-corrected chi connectivity index (χ0v) is 12.7. The first kappa shape index (κ1) is 16.1. The van der Waals surface area contributed by atoms with Crippen LogP contribution in [0, 0.1) is 13.8 Å². The van der Waals surface area contributed by atoms with Gasteiger partial charge in [0.05, 0.1) is 6.42 Å². The smallest absolute Gasteiger partial charge is 0.359 e. The Hall–Kier alpha value is -1.30. The molecule has 0 atom stereocenters. The van der Waals surface area contributed by atoms with E-state index in [1.807, 2.05) is 19.9 Å². The van der Waals surface area contributed by atoms with Gasteiger partial charge < -0.3 is 10.2 Å². The van der Waals surface area contributed by atoms with Crippen molar-refractivity contribution >= 4 is 5.82 Å². The molecule has 118 valence electrons. The van der Waals surface area contributed by atoms with Gasteiger partial charge in [-0.3, -0.25) is 0 Å². The second kappa shape index (κ2) is 6.22. The van der Waals surface area contributed by atoms with Crippen molar-refractivity contribution < 1.29 is 13.2 Å². The topological polar surface area (TPSA) is 28.2 Å². The van der Waals surface area contributed by atoms with E-state index in [1.54, 1.807) is 11.9 Å². The summed E-state index contributed by atoms with van der Waals surface area (Å²) >= 11 is 0. The number of nitrogens with one attached hydrogen (secondary N) is 1. The lowest BCUT2D eigenvalue weighted by Crippen LogP contribution is -2.27. The molecule has 0 radical (unpaired) electrons. The van der Waals surface area contributed by atoms with Crippen molar-refractivity contribution in [2.45, 2.75) is 51.9 Å². The highest BCUT2D eigenvalue weighted by Gasteiger charge is 2.28. The van der Waals surface area contributed by atoms with Crippen LogP contribution >= 0.6 is 0 Å². The van der Waals surface area contributed by atoms with Crippen LogP contribution in [0.25, 0.3) is 0 Å². The Morgan fingerprint density at radius 3 is 2.57 bits per heavy atom. The van der Waals surface area contributed by atoms with E-state index in [0.29, 0.717) is 18.4 Å². The van der Waals surface area contributed by atoms with Gasteiger partial charge in [0.25, 0.3) is 0 Å². The number of rotatable bonds is 6. The summed E-state index contributed by atoms with van der Waals surface area (Å²) < 4.78 is 37.2. The zero-order valence-electron chi connectivity index (χ0n) is 12.7. The summed E-state index contributed by atoms with van der Waals surface area (Å²) in [5.74, 6) is 0.657. The van der Waals surface area contributed by atoms with E-state index >= 15 is 0 Å². The summed E-state index contributed by atoms with van der Waals surface area (Å²) in [5.41, 5.74) is 2.90. The van der Waals surface area contributed by atoms with Crippen molar-refractivity contribution in [3.8, 4) is 0 Å². The molecule has 1 saturated carbocycles. The third kappa shape index (κ3) is 4.88. The molecule has 1 aliphatic carbocycles. The second-order valence-electron chi connectivity index (χ2n) is 5.82. The zero-order chi connectivity index (χ0) is 15.6. The van der Waals surface area contributed by atoms with Gasteiger partial charge in [0, 0.05) is 37.4 Å². The Morgan fingerprint density at radius 1 is 1.33 bits per heavy atom. The molecule has 0 bridgehead atoms. The van der Waals surface area contributed by atoms with Crippen molar-refractivity contribution in [3.05, 3.63) is 22.9 Å². The molecule has 3 nitrogen and oxygen atoms in total. The molecular weight excluding hydrogens is 279 g/mol. The highest BCUT2D eigenvalue weighted by molar-refractivity contribution is 5.51. The monoisotopic (exact) mass is 301 g/mol. The van der Waals surface area contributed by atoms with Crippen molar-refractivity contribution in [2.75, 3.05) is 18.5 Å². The average molecular weight is 301 g/mol. The van der Waals surface area contributed by atoms with Gasteiger partial charge in [0.1, 0.15) is 5.82 Å². The molecule has 0 amide bonds. The van der Waals surface area contributed by atoms with E-state index in [0.717, 1.165) is 16.8 Å². The van der Waals surface area contributed by atoms with Crippen molar-refractivity contribution in [1.29, 1.82) is 0 Å². The number of hydrogen-bond donors (Lipinski definition) is 1. The highest BCUT2D eigenvalue weighted by Crippen LogP contribution is 2.26. The van der Waals surface area contributed by atoms with Crippen molar-refractivity contribution in [2.24, 2.45) is 0 Å². The molecule has 21 heavy (non-hydrogen) atoms. The van der Waals surface area contributed by atoms with Crippen LogP contribution in [0.2, 0.25) is 0 Å². The minimum absolute atomic E-state index is 0.0736. The third-order valence-electron chi connectivity index (χ3n) is 3.69. The quantitative estimate of drug-likeness (QED) is 0.873. The summed E-state index contributed by atoms with van der Waals surface area (Å²) in [5, 5.41) is 3.41. The lowest BCUT2D eigenvalue weighted by atomic mass is 10.1. The molecule has 0 aromatic carbocycles. The minimum atomic E-state index is -4.14. The maximum atomic E-state index is 12.4. The summed E-state index contributed by atoms with van der Waals surface area (Å²) in [6, 6.07) is 2.53. The number of pyridine rings is 1.